The number of carbonyl (C=O) groups is 8. The van der Waals surface area contributed by atoms with Gasteiger partial charge < -0.3 is 43.5 Å². The topological polar surface area (TPSA) is 434 Å². The molecule has 131 heavy (non-hydrogen) atoms. The zero-order valence-corrected chi connectivity index (χ0v) is 77.2. The number of piperidine rings is 3. The summed E-state index contributed by atoms with van der Waals surface area (Å²) in [6, 6.07) is 16.7. The average molecular weight is 1940 g/mol. The van der Waals surface area contributed by atoms with Gasteiger partial charge in [-0.15, -0.1) is 0 Å². The predicted octanol–water partition coefficient (Wildman–Crippen LogP) is 9.15. The van der Waals surface area contributed by atoms with E-state index >= 15 is 0 Å². The maximum Gasteiger partial charge on any atom is 1.00 e. The number of ketones is 3. The number of aliphatic carboxylic acids is 1. The molecular formula is C86H121F15LiN9O17S3. The second-order valence-corrected chi connectivity index (χ2v) is 41.5. The number of amides is 4. The number of sulfonamides is 3. The molecule has 3 aliphatic carbocycles. The van der Waals surface area contributed by atoms with Crippen LogP contribution in [0, 0.1) is 56.3 Å². The quantitative estimate of drug-likeness (QED) is 0.0241. The van der Waals surface area contributed by atoms with E-state index in [0.29, 0.717) is 50.8 Å². The van der Waals surface area contributed by atoms with E-state index in [2.05, 4.69) is 15.6 Å². The van der Waals surface area contributed by atoms with Crippen LogP contribution < -0.4 is 46.7 Å². The van der Waals surface area contributed by atoms with Gasteiger partial charge in [0.05, 0.1) is 28.7 Å². The van der Waals surface area contributed by atoms with Crippen LogP contribution in [-0.4, -0.2) is 223 Å². The molecule has 0 bridgehead atoms. The normalized spacial score (nSPS) is 21.7. The molecule has 6 fully saturated rings. The second kappa shape index (κ2) is 48.0. The van der Waals surface area contributed by atoms with Crippen molar-refractivity contribution in [2.75, 3.05) is 63.1 Å². The fourth-order valence-corrected chi connectivity index (χ4v) is 21.7. The van der Waals surface area contributed by atoms with E-state index in [9.17, 15) is 129 Å². The summed E-state index contributed by atoms with van der Waals surface area (Å²) in [4.78, 5) is 98.9. The van der Waals surface area contributed by atoms with Crippen molar-refractivity contribution in [3.8, 4) is 0 Å². The van der Waals surface area contributed by atoms with Gasteiger partial charge in [-0.2, -0.15) is 65.9 Å². The molecule has 0 atom stereocenters. The van der Waals surface area contributed by atoms with Crippen LogP contribution in [0.25, 0.3) is 0 Å². The van der Waals surface area contributed by atoms with Crippen molar-refractivity contribution >= 4 is 82.9 Å². The van der Waals surface area contributed by atoms with Gasteiger partial charge in [-0.1, -0.05) is 54.6 Å². The number of primary amides is 2. The molecule has 0 radical (unpaired) electrons. The molecule has 26 nitrogen and oxygen atoms in total. The Labute approximate surface area is 766 Å². The molecule has 3 saturated carbocycles. The van der Waals surface area contributed by atoms with Crippen LogP contribution in [-0.2, 0) is 107 Å². The molecule has 45 heteroatoms. The maximum atomic E-state index is 13.5. The zero-order chi connectivity index (χ0) is 97.2. The van der Waals surface area contributed by atoms with Gasteiger partial charge in [0, 0.05) is 96.2 Å². The van der Waals surface area contributed by atoms with E-state index in [1.807, 2.05) is 69.3 Å². The van der Waals surface area contributed by atoms with Crippen LogP contribution >= 0.6 is 0 Å². The fourth-order valence-electron chi connectivity index (χ4n) is 17.3. The van der Waals surface area contributed by atoms with Gasteiger partial charge in [-0.25, -0.2) is 38.2 Å². The van der Waals surface area contributed by atoms with Gasteiger partial charge in [-0.3, -0.25) is 43.3 Å². The number of nitrogens with two attached hydrogens (primary N) is 3. The summed E-state index contributed by atoms with van der Waals surface area (Å²) < 4.78 is 272. The number of aryl methyl sites for hydroxylation is 6. The smallest absolute Gasteiger partial charge is 0.870 e. The van der Waals surface area contributed by atoms with Crippen LogP contribution in [0.2, 0.25) is 0 Å². The van der Waals surface area contributed by atoms with Gasteiger partial charge >= 0.3 is 61.1 Å². The van der Waals surface area contributed by atoms with Crippen molar-refractivity contribution in [2.24, 2.45) is 57.7 Å². The van der Waals surface area contributed by atoms with E-state index in [1.54, 1.807) is 19.9 Å². The van der Waals surface area contributed by atoms with Crippen molar-refractivity contribution in [1.29, 1.82) is 0 Å². The fraction of sp³-hybridized carbons (Fsp3) is 0.686. The molecule has 736 valence electrons. The molecule has 3 saturated heterocycles. The number of hydrogen-bond acceptors (Lipinski definition) is 18. The summed E-state index contributed by atoms with van der Waals surface area (Å²) >= 11 is 0. The molecular weight excluding hydrogens is 1820 g/mol. The number of hydrogen-bond donors (Lipinski definition) is 7. The van der Waals surface area contributed by atoms with Gasteiger partial charge in [0.25, 0.3) is 5.91 Å². The first kappa shape index (κ1) is 116. The monoisotopic (exact) mass is 1940 g/mol. The minimum absolute atomic E-state index is 0. The van der Waals surface area contributed by atoms with Gasteiger partial charge in [0.15, 0.2) is 0 Å². The predicted molar refractivity (Wildman–Crippen MR) is 452 cm³/mol. The summed E-state index contributed by atoms with van der Waals surface area (Å²) in [5.74, 6) is -21.1. The molecule has 7 aliphatic rings. The first-order chi connectivity index (χ1) is 59.4. The van der Waals surface area contributed by atoms with Crippen molar-refractivity contribution in [3.05, 3.63) is 105 Å². The van der Waals surface area contributed by atoms with E-state index in [1.165, 1.54) is 26.8 Å². The van der Waals surface area contributed by atoms with Gasteiger partial charge in [0.2, 0.25) is 47.8 Å². The Morgan fingerprint density at radius 3 is 1.05 bits per heavy atom. The maximum absolute atomic E-state index is 13.5. The number of carboxylic acid groups (broad SMARTS) is 1. The van der Waals surface area contributed by atoms with E-state index in [-0.39, 0.29) is 226 Å². The van der Waals surface area contributed by atoms with Crippen molar-refractivity contribution < 1.29 is 164 Å². The standard InChI is InChI=1S/C28H38F5N3O5S.C28H36F5N3O4S.C18H27N3O4S.C10H13F5O2.C2H6O.Li.H2O/c1-18-15-21(16-19(2)37)5-6-22(18)9-14-42(40,41)36-12-10-26(11-13-36,25(34)39)35-24(38)23-7-3-20(4-8-23)17-27(29,30)28(31,32)33;1-18-15-21(16-19(2)37)5-6-22(18)9-14-41(39,40)36-12-10-26(11-13-36)25(38)34-24(35-26)23-7-3-20(4-8-23)17-27(29,30)28(31,32)33;1-13-11-15(12-14(2)22)3-4-16(13)5-10-26(24,25)21-8-6-18(20,7-9-21)17(19)23;11-9(12,10(13,14)15)5-6-1-3-7(4-2-6)8(16)17;1-2-3;;/h5-6,15,20,23H,3-4,7-14,16-17H2,1-2H3,(H2,34,39)(H,35,38);5-6,15,20,23H,3-4,7-14,16-17H2,1-2H3,(H,34,35,38);3-4,11H,5-10,12,20H2,1-2H3,(H2,19,23);6-7H,1-5H2,(H,16,17);3H,2H2,1H3;;1H2/q;;;;;+1;/p-1. The number of rotatable bonds is 30. The molecule has 3 aromatic rings. The molecule has 0 unspecified atom stereocenters. The summed E-state index contributed by atoms with van der Waals surface area (Å²) in [5, 5.41) is 21.7. The molecule has 4 amide bonds. The second-order valence-electron chi connectivity index (χ2n) is 35.3. The summed E-state index contributed by atoms with van der Waals surface area (Å²) in [6.45, 7) is 12.7. The molecule has 3 aromatic carbocycles. The van der Waals surface area contributed by atoms with Crippen LogP contribution in [0.1, 0.15) is 213 Å². The number of aliphatic hydroxyl groups excluding tert-OH is 1. The minimum atomic E-state index is -5.63. The van der Waals surface area contributed by atoms with Crippen LogP contribution in [0.5, 0.6) is 0 Å². The third-order valence-electron chi connectivity index (χ3n) is 25.2. The number of nitrogens with one attached hydrogen (secondary N) is 2. The van der Waals surface area contributed by atoms with Crippen LogP contribution in [0.4, 0.5) is 65.9 Å². The number of benzene rings is 3. The molecule has 10 rings (SSSR count). The third-order valence-corrected chi connectivity index (χ3v) is 30.9. The van der Waals surface area contributed by atoms with E-state index < -0.39 is 156 Å². The first-order valence-electron chi connectivity index (χ1n) is 42.9. The molecule has 1 spiro atoms. The van der Waals surface area contributed by atoms with E-state index in [0.717, 1.165) is 50.1 Å². The number of Topliss-reactive ketones (excluding diaryl/α,β-unsaturated/α-hetero) is 3. The number of aliphatic hydroxyl groups is 1. The molecule has 11 N–H and O–H groups in total. The number of aliphatic imine (C=N–C) groups is 1. The molecule has 4 aliphatic heterocycles. The number of amidine groups is 1. The largest absolute Gasteiger partial charge is 1.00 e. The average Bonchev–Trinajstić information content (AvgIpc) is 1.63. The molecule has 0 aromatic heterocycles. The van der Waals surface area contributed by atoms with Gasteiger partial charge in [-0.05, 0) is 251 Å². The number of alkyl halides is 15. The summed E-state index contributed by atoms with van der Waals surface area (Å²) in [5.41, 5.74) is 21.2. The number of carbonyl (C=O) groups excluding carboxylic acids is 7. The first-order valence-corrected chi connectivity index (χ1v) is 47.7. The Balaban J connectivity index is 0.000000377. The van der Waals surface area contributed by atoms with E-state index in [4.69, 9.17) is 27.4 Å². The van der Waals surface area contributed by atoms with Crippen molar-refractivity contribution in [1.82, 2.24) is 23.5 Å². The Morgan fingerprint density at radius 2 is 0.771 bits per heavy atom. The van der Waals surface area contributed by atoms with Crippen molar-refractivity contribution in [2.45, 2.75) is 275 Å². The van der Waals surface area contributed by atoms with Crippen molar-refractivity contribution in [3.63, 3.8) is 0 Å². The Morgan fingerprint density at radius 1 is 0.481 bits per heavy atom. The number of carboxylic acids is 1. The van der Waals surface area contributed by atoms with Gasteiger partial charge in [0.1, 0.15) is 34.3 Å². The number of nitrogens with zero attached hydrogens (tertiary/aromatic N) is 4. The van der Waals surface area contributed by atoms with Crippen LogP contribution in [0.15, 0.2) is 59.6 Å². The summed E-state index contributed by atoms with van der Waals surface area (Å²) in [6.07, 6.45) is -15.9. The minimum Gasteiger partial charge on any atom is -0.870 e. The SMILES string of the molecule is CC(=O)Cc1ccc(CCS(=O)(=O)N2CCC(N)(C(N)=O)CC2)c(C)c1.CC(=O)Cc1ccc(CCS(=O)(=O)N2CCC(NC(=O)C3CCC(CC(F)(F)C(F)(F)F)CC3)(C(N)=O)CC2)c(C)c1.CC(=O)Cc1ccc(CCS(=O)(=O)N2CCC3(CC2)N=C(C2CCC(CC(F)(F)C(F)(F)F)CC2)NC3=O)c(C)c1.CCO.O=C(O)C1CCC(CC(F)(F)C(F)(F)F)CC1.[Li+].[OH-]. The Kier molecular flexibility index (Phi) is 42.6. The third kappa shape index (κ3) is 33.4. The zero-order valence-electron chi connectivity index (χ0n) is 74.8. The van der Waals surface area contributed by atoms with Crippen LogP contribution in [0.3, 0.4) is 0 Å². The Bertz CT molecular complexity index is 4790. The summed E-state index contributed by atoms with van der Waals surface area (Å²) in [7, 11) is -10.7. The Hall–Kier alpha value is -7.15. The number of halogens is 15. The molecule has 4 heterocycles.